The highest BCUT2D eigenvalue weighted by molar-refractivity contribution is 4.72. The van der Waals surface area contributed by atoms with Crippen molar-refractivity contribution in [3.05, 3.63) is 12.3 Å². The topological polar surface area (TPSA) is 36.9 Å². The Morgan fingerprint density at radius 1 is 0.450 bits per heavy atom. The van der Waals surface area contributed by atoms with E-state index in [0.29, 0.717) is 6.79 Å². The van der Waals surface area contributed by atoms with Crippen LogP contribution in [-0.2, 0) is 18.9 Å². The molecule has 40 heavy (non-hydrogen) atoms. The highest BCUT2D eigenvalue weighted by Crippen LogP contribution is 2.15. The maximum atomic E-state index is 6.15. The molecular formula is C36H72O4. The highest BCUT2D eigenvalue weighted by Gasteiger charge is 2.09. The molecule has 0 amide bonds. The fraction of sp³-hybridized carbons (Fsp3) is 0.944. The Hall–Kier alpha value is -0.580. The molecule has 0 aliphatic carbocycles. The molecule has 240 valence electrons. The van der Waals surface area contributed by atoms with Crippen LogP contribution in [0.2, 0.25) is 0 Å². The third-order valence-electron chi connectivity index (χ3n) is 7.65. The standard InChI is InChI=1S/C36H72O4/c1-4-7-10-13-18-23-26-31-37-35-38-32-27-24-19-16-14-15-17-20-25-30-36(39-33-28-21-11-8-5-2)40-34-29-22-12-9-6-3/h27,32,36H,4-26,28-31,33-35H2,1-3H3. The Morgan fingerprint density at radius 2 is 0.875 bits per heavy atom. The first-order valence-electron chi connectivity index (χ1n) is 17.9. The van der Waals surface area contributed by atoms with Gasteiger partial charge in [-0.25, -0.2) is 0 Å². The average molecular weight is 569 g/mol. The molecule has 4 nitrogen and oxygen atoms in total. The van der Waals surface area contributed by atoms with Gasteiger partial charge in [0.15, 0.2) is 13.1 Å². The van der Waals surface area contributed by atoms with Gasteiger partial charge in [0.25, 0.3) is 0 Å². The Morgan fingerprint density at radius 3 is 1.40 bits per heavy atom. The summed E-state index contributed by atoms with van der Waals surface area (Å²) in [7, 11) is 0. The number of hydrogen-bond acceptors (Lipinski definition) is 4. The minimum atomic E-state index is 0.0112. The zero-order valence-corrected chi connectivity index (χ0v) is 27.6. The molecule has 0 atom stereocenters. The first-order chi connectivity index (χ1) is 19.8. The van der Waals surface area contributed by atoms with Gasteiger partial charge in [-0.3, -0.25) is 0 Å². The summed E-state index contributed by atoms with van der Waals surface area (Å²) in [6.07, 6.45) is 37.3. The molecular weight excluding hydrogens is 496 g/mol. The van der Waals surface area contributed by atoms with Crippen LogP contribution in [0.1, 0.15) is 188 Å². The van der Waals surface area contributed by atoms with Crippen molar-refractivity contribution in [3.63, 3.8) is 0 Å². The van der Waals surface area contributed by atoms with E-state index >= 15 is 0 Å². The van der Waals surface area contributed by atoms with Crippen LogP contribution in [0.4, 0.5) is 0 Å². The van der Waals surface area contributed by atoms with E-state index in [0.717, 1.165) is 39.1 Å². The van der Waals surface area contributed by atoms with Crippen molar-refractivity contribution < 1.29 is 18.9 Å². The van der Waals surface area contributed by atoms with Crippen molar-refractivity contribution in [2.45, 2.75) is 194 Å². The van der Waals surface area contributed by atoms with Gasteiger partial charge in [0.05, 0.1) is 12.9 Å². The van der Waals surface area contributed by atoms with Crippen molar-refractivity contribution in [2.75, 3.05) is 26.6 Å². The molecule has 0 bridgehead atoms. The van der Waals surface area contributed by atoms with Gasteiger partial charge >= 0.3 is 0 Å². The van der Waals surface area contributed by atoms with E-state index in [1.807, 2.05) is 6.26 Å². The van der Waals surface area contributed by atoms with Gasteiger partial charge in [-0.15, -0.1) is 0 Å². The molecule has 0 N–H and O–H groups in total. The van der Waals surface area contributed by atoms with Crippen LogP contribution in [0.15, 0.2) is 12.3 Å². The smallest absolute Gasteiger partial charge is 0.188 e. The molecule has 0 saturated carbocycles. The van der Waals surface area contributed by atoms with E-state index < -0.39 is 0 Å². The summed E-state index contributed by atoms with van der Waals surface area (Å²) in [6.45, 7) is 9.73. The highest BCUT2D eigenvalue weighted by atomic mass is 16.7. The van der Waals surface area contributed by atoms with Crippen LogP contribution in [-0.4, -0.2) is 32.9 Å². The first-order valence-corrected chi connectivity index (χ1v) is 17.9. The molecule has 0 spiro atoms. The van der Waals surface area contributed by atoms with Crippen LogP contribution < -0.4 is 0 Å². The molecule has 0 unspecified atom stereocenters. The van der Waals surface area contributed by atoms with E-state index in [4.69, 9.17) is 18.9 Å². The van der Waals surface area contributed by atoms with Crippen molar-refractivity contribution in [1.82, 2.24) is 0 Å². The number of unbranched alkanes of at least 4 members (excludes halogenated alkanes) is 21. The molecule has 0 fully saturated rings. The predicted molar refractivity (Wildman–Crippen MR) is 174 cm³/mol. The molecule has 4 heteroatoms. The van der Waals surface area contributed by atoms with E-state index in [2.05, 4.69) is 26.8 Å². The maximum absolute atomic E-state index is 6.15. The predicted octanol–water partition coefficient (Wildman–Crippen LogP) is 12.1. The Kier molecular flexibility index (Phi) is 35.9. The largest absolute Gasteiger partial charge is 0.475 e. The molecule has 0 aromatic carbocycles. The summed E-state index contributed by atoms with van der Waals surface area (Å²) < 4.78 is 23.3. The van der Waals surface area contributed by atoms with Gasteiger partial charge in [0.2, 0.25) is 0 Å². The fourth-order valence-electron chi connectivity index (χ4n) is 4.96. The van der Waals surface area contributed by atoms with Crippen molar-refractivity contribution in [1.29, 1.82) is 0 Å². The van der Waals surface area contributed by atoms with E-state index in [-0.39, 0.29) is 6.29 Å². The third-order valence-corrected chi connectivity index (χ3v) is 7.65. The second kappa shape index (κ2) is 36.4. The quantitative estimate of drug-likeness (QED) is 0.0433. The lowest BCUT2D eigenvalue weighted by molar-refractivity contribution is -0.148. The average Bonchev–Trinajstić information content (AvgIpc) is 2.97. The molecule has 0 aliphatic heterocycles. The SMILES string of the molecule is CCCCCCCCCOCOC=CCCCCCCCCCC(OCCCCCCC)OCCCCCCC. The van der Waals surface area contributed by atoms with Gasteiger partial charge in [-0.05, 0) is 51.0 Å². The minimum Gasteiger partial charge on any atom is -0.475 e. The van der Waals surface area contributed by atoms with Gasteiger partial charge < -0.3 is 18.9 Å². The molecule has 0 saturated heterocycles. The molecule has 0 heterocycles. The summed E-state index contributed by atoms with van der Waals surface area (Å²) in [5.41, 5.74) is 0. The van der Waals surface area contributed by atoms with E-state index in [1.165, 1.54) is 148 Å². The molecule has 0 rings (SSSR count). The molecule has 0 aromatic rings. The zero-order chi connectivity index (χ0) is 29.0. The van der Waals surface area contributed by atoms with Crippen LogP contribution >= 0.6 is 0 Å². The third kappa shape index (κ3) is 33.6. The van der Waals surface area contributed by atoms with Crippen molar-refractivity contribution in [2.24, 2.45) is 0 Å². The van der Waals surface area contributed by atoms with Gasteiger partial charge in [0, 0.05) is 13.2 Å². The fourth-order valence-corrected chi connectivity index (χ4v) is 4.96. The number of allylic oxidation sites excluding steroid dienone is 1. The van der Waals surface area contributed by atoms with Crippen LogP contribution in [0.5, 0.6) is 0 Å². The summed E-state index contributed by atoms with van der Waals surface area (Å²) in [5.74, 6) is 0. The minimum absolute atomic E-state index is 0.0112. The lowest BCUT2D eigenvalue weighted by atomic mass is 10.1. The maximum Gasteiger partial charge on any atom is 0.188 e. The zero-order valence-electron chi connectivity index (χ0n) is 27.6. The normalized spacial score (nSPS) is 11.8. The molecule has 0 aromatic heterocycles. The summed E-state index contributed by atoms with van der Waals surface area (Å²) in [6, 6.07) is 0. The van der Waals surface area contributed by atoms with Crippen LogP contribution in [0.25, 0.3) is 0 Å². The molecule has 0 aliphatic rings. The Bertz CT molecular complexity index is 452. The second-order valence-electron chi connectivity index (χ2n) is 11.7. The van der Waals surface area contributed by atoms with E-state index in [9.17, 15) is 0 Å². The second-order valence-corrected chi connectivity index (χ2v) is 11.7. The van der Waals surface area contributed by atoms with Gasteiger partial charge in [0.1, 0.15) is 0 Å². The Labute approximate surface area is 251 Å². The van der Waals surface area contributed by atoms with Crippen molar-refractivity contribution in [3.8, 4) is 0 Å². The summed E-state index contributed by atoms with van der Waals surface area (Å²) in [4.78, 5) is 0. The summed E-state index contributed by atoms with van der Waals surface area (Å²) in [5, 5.41) is 0. The van der Waals surface area contributed by atoms with Gasteiger partial charge in [-0.2, -0.15) is 0 Å². The molecule has 0 radical (unpaired) electrons. The number of hydrogen-bond donors (Lipinski definition) is 0. The first kappa shape index (κ1) is 39.4. The lowest BCUT2D eigenvalue weighted by Gasteiger charge is -2.19. The van der Waals surface area contributed by atoms with Gasteiger partial charge in [-0.1, -0.05) is 143 Å². The lowest BCUT2D eigenvalue weighted by Crippen LogP contribution is -2.19. The van der Waals surface area contributed by atoms with Crippen LogP contribution in [0.3, 0.4) is 0 Å². The number of rotatable bonds is 35. The van der Waals surface area contributed by atoms with E-state index in [1.54, 1.807) is 0 Å². The monoisotopic (exact) mass is 569 g/mol. The van der Waals surface area contributed by atoms with Crippen LogP contribution in [0, 0.1) is 0 Å². The van der Waals surface area contributed by atoms with Crippen molar-refractivity contribution >= 4 is 0 Å². The summed E-state index contributed by atoms with van der Waals surface area (Å²) >= 11 is 0. The number of ether oxygens (including phenoxy) is 4. The Balaban J connectivity index is 3.59.